The molecule has 0 aliphatic heterocycles. The fourth-order valence-corrected chi connectivity index (χ4v) is 4.33. The second kappa shape index (κ2) is 5.19. The normalized spacial score (nSPS) is 12.2. The topological polar surface area (TPSA) is 63.3 Å². The Hall–Kier alpha value is -0.700. The Bertz CT molecular complexity index is 845. The number of rotatable bonds is 1. The van der Waals surface area contributed by atoms with Crippen LogP contribution in [0.5, 0.6) is 5.75 Å². The van der Waals surface area contributed by atoms with Gasteiger partial charge in [0.1, 0.15) is 5.75 Å². The van der Waals surface area contributed by atoms with Gasteiger partial charge >= 0.3 is 6.18 Å². The quantitative estimate of drug-likeness (QED) is 0.480. The average molecular weight is 538 g/mol. The van der Waals surface area contributed by atoms with Crippen LogP contribution in [0.4, 0.5) is 13.2 Å². The Labute approximate surface area is 146 Å². The summed E-state index contributed by atoms with van der Waals surface area (Å²) in [7, 11) is 0. The van der Waals surface area contributed by atoms with Crippen LogP contribution in [0.1, 0.15) is 5.82 Å². The minimum Gasteiger partial charge on any atom is -0.506 e. The van der Waals surface area contributed by atoms with Gasteiger partial charge in [0, 0.05) is 3.57 Å². The Morgan fingerprint density at radius 3 is 2.57 bits per heavy atom. The number of aromatic hydroxyl groups is 1. The van der Waals surface area contributed by atoms with Crippen molar-refractivity contribution in [1.82, 2.24) is 19.8 Å². The van der Waals surface area contributed by atoms with E-state index >= 15 is 0 Å². The van der Waals surface area contributed by atoms with Crippen molar-refractivity contribution in [2.45, 2.75) is 6.18 Å². The van der Waals surface area contributed by atoms with Gasteiger partial charge in [-0.1, -0.05) is 11.3 Å². The lowest BCUT2D eigenvalue weighted by atomic mass is 10.2. The second-order valence-corrected chi connectivity index (χ2v) is 7.27. The molecule has 3 rings (SSSR count). The molecule has 3 aromatic rings. The third-order valence-corrected chi connectivity index (χ3v) is 4.88. The fraction of sp³-hybridized carbons (Fsp3) is 0.100. The van der Waals surface area contributed by atoms with Crippen LogP contribution in [0.2, 0.25) is 0 Å². The number of benzene rings is 1. The van der Waals surface area contributed by atoms with Crippen molar-refractivity contribution in [3.05, 3.63) is 25.1 Å². The van der Waals surface area contributed by atoms with Crippen molar-refractivity contribution in [3.63, 3.8) is 0 Å². The lowest BCUT2D eigenvalue weighted by molar-refractivity contribution is -0.146. The zero-order chi connectivity index (χ0) is 15.4. The summed E-state index contributed by atoms with van der Waals surface area (Å²) in [5.41, 5.74) is 0.370. The highest BCUT2D eigenvalue weighted by atomic mass is 127. The van der Waals surface area contributed by atoms with Crippen molar-refractivity contribution in [1.29, 1.82) is 0 Å². The lowest BCUT2D eigenvalue weighted by Gasteiger charge is -2.04. The zero-order valence-electron chi connectivity index (χ0n) is 9.69. The molecule has 110 valence electrons. The van der Waals surface area contributed by atoms with Gasteiger partial charge in [0.25, 0.3) is 5.82 Å². The third-order valence-electron chi connectivity index (χ3n) is 2.50. The van der Waals surface area contributed by atoms with E-state index in [0.29, 0.717) is 13.6 Å². The highest BCUT2D eigenvalue weighted by molar-refractivity contribution is 14.1. The molecule has 11 heteroatoms. The van der Waals surface area contributed by atoms with E-state index in [0.717, 1.165) is 14.9 Å². The molecule has 0 amide bonds. The van der Waals surface area contributed by atoms with E-state index in [9.17, 15) is 18.3 Å². The summed E-state index contributed by atoms with van der Waals surface area (Å²) in [5, 5.41) is 20.7. The van der Waals surface area contributed by atoms with E-state index in [1.807, 2.05) is 22.6 Å². The first kappa shape index (κ1) is 15.2. The fourth-order valence-electron chi connectivity index (χ4n) is 1.63. The first-order valence-electron chi connectivity index (χ1n) is 5.25. The molecule has 21 heavy (non-hydrogen) atoms. The Morgan fingerprint density at radius 2 is 1.90 bits per heavy atom. The van der Waals surface area contributed by atoms with Crippen molar-refractivity contribution in [2.24, 2.45) is 0 Å². The first-order chi connectivity index (χ1) is 9.77. The summed E-state index contributed by atoms with van der Waals surface area (Å²) in [5.74, 6) is -1.20. The van der Waals surface area contributed by atoms with Gasteiger partial charge in [-0.05, 0) is 57.3 Å². The molecule has 0 saturated carbocycles. The van der Waals surface area contributed by atoms with Gasteiger partial charge < -0.3 is 5.11 Å². The first-order valence-corrected chi connectivity index (χ1v) is 8.22. The van der Waals surface area contributed by atoms with Crippen molar-refractivity contribution in [2.75, 3.05) is 0 Å². The molecule has 0 aliphatic carbocycles. The van der Waals surface area contributed by atoms with Gasteiger partial charge in [0.15, 0.2) is 5.01 Å². The van der Waals surface area contributed by atoms with Gasteiger partial charge in [0.2, 0.25) is 4.96 Å². The number of fused-ring (bicyclic) bond motifs is 1. The molecule has 0 saturated heterocycles. The van der Waals surface area contributed by atoms with Crippen LogP contribution >= 0.6 is 56.5 Å². The second-order valence-electron chi connectivity index (χ2n) is 3.91. The highest BCUT2D eigenvalue weighted by Crippen LogP contribution is 2.38. The van der Waals surface area contributed by atoms with Gasteiger partial charge in [-0.3, -0.25) is 0 Å². The van der Waals surface area contributed by atoms with Gasteiger partial charge in [-0.2, -0.15) is 22.8 Å². The Kier molecular flexibility index (Phi) is 3.76. The number of halogens is 5. The molecule has 2 heterocycles. The number of hydrogen-bond donors (Lipinski definition) is 1. The predicted octanol–water partition coefficient (Wildman–Crippen LogP) is 3.79. The van der Waals surface area contributed by atoms with Crippen LogP contribution in [-0.2, 0) is 6.18 Å². The maximum Gasteiger partial charge on any atom is 0.453 e. The van der Waals surface area contributed by atoms with Crippen LogP contribution in [0.15, 0.2) is 12.1 Å². The molecule has 0 fully saturated rings. The summed E-state index contributed by atoms with van der Waals surface area (Å²) in [6.07, 6.45) is -4.63. The minimum absolute atomic E-state index is 0.0189. The Morgan fingerprint density at radius 1 is 1.19 bits per heavy atom. The maximum atomic E-state index is 12.8. The zero-order valence-corrected chi connectivity index (χ0v) is 14.8. The van der Waals surface area contributed by atoms with E-state index < -0.39 is 12.0 Å². The number of aromatic nitrogens is 4. The number of alkyl halides is 3. The lowest BCUT2D eigenvalue weighted by Crippen LogP contribution is -2.11. The van der Waals surface area contributed by atoms with E-state index in [-0.39, 0.29) is 15.7 Å². The van der Waals surface area contributed by atoms with Gasteiger partial charge in [-0.25, -0.2) is 0 Å². The van der Waals surface area contributed by atoms with Crippen molar-refractivity contribution in [3.8, 4) is 16.3 Å². The van der Waals surface area contributed by atoms with E-state index in [4.69, 9.17) is 0 Å². The molecule has 1 aromatic carbocycles. The standard InChI is InChI=1S/C10H3F3I2N4OS/c11-10(12,13)8-16-17-9-19(8)18-7(21-9)4-1-3(14)2-5(15)6(4)20/h1-2,20H. The van der Waals surface area contributed by atoms with Crippen LogP contribution in [0.25, 0.3) is 15.5 Å². The van der Waals surface area contributed by atoms with Crippen LogP contribution in [0.3, 0.4) is 0 Å². The molecule has 0 aliphatic rings. The average Bonchev–Trinajstić information content (AvgIpc) is 2.91. The third kappa shape index (κ3) is 2.69. The molecule has 0 atom stereocenters. The maximum absolute atomic E-state index is 12.8. The van der Waals surface area contributed by atoms with Gasteiger partial charge in [-0.15, -0.1) is 10.2 Å². The molecule has 0 unspecified atom stereocenters. The van der Waals surface area contributed by atoms with Crippen LogP contribution in [0, 0.1) is 7.14 Å². The molecule has 0 bridgehead atoms. The molecule has 0 spiro atoms. The summed E-state index contributed by atoms with van der Waals surface area (Å²) in [6, 6.07) is 3.40. The van der Waals surface area contributed by atoms with E-state index in [1.165, 1.54) is 0 Å². The predicted molar refractivity (Wildman–Crippen MR) is 86.2 cm³/mol. The van der Waals surface area contributed by atoms with Crippen LogP contribution < -0.4 is 0 Å². The molecule has 0 radical (unpaired) electrons. The minimum atomic E-state index is -4.63. The van der Waals surface area contributed by atoms with E-state index in [2.05, 4.69) is 37.9 Å². The highest BCUT2D eigenvalue weighted by Gasteiger charge is 2.38. The van der Waals surface area contributed by atoms with Crippen molar-refractivity contribution < 1.29 is 18.3 Å². The summed E-state index contributed by atoms with van der Waals surface area (Å²) >= 11 is 4.93. The molecule has 5 nitrogen and oxygen atoms in total. The molecule has 1 N–H and O–H groups in total. The largest absolute Gasteiger partial charge is 0.506 e. The monoisotopic (exact) mass is 538 g/mol. The smallest absolute Gasteiger partial charge is 0.453 e. The molecular weight excluding hydrogens is 535 g/mol. The number of nitrogens with zero attached hydrogens (tertiary/aromatic N) is 4. The molecule has 2 aromatic heterocycles. The van der Waals surface area contributed by atoms with Crippen molar-refractivity contribution >= 4 is 61.5 Å². The Balaban J connectivity index is 2.21. The summed E-state index contributed by atoms with van der Waals surface area (Å²) in [6.45, 7) is 0. The number of phenols is 1. The summed E-state index contributed by atoms with van der Waals surface area (Å²) < 4.78 is 40.4. The SMILES string of the molecule is Oc1c(I)cc(I)cc1-c1nn2c(C(F)(F)F)nnc2s1. The number of phenolic OH excluding ortho intramolecular Hbond substituents is 1. The summed E-state index contributed by atoms with van der Waals surface area (Å²) in [4.78, 5) is 0.0191. The number of hydrogen-bond acceptors (Lipinski definition) is 5. The van der Waals surface area contributed by atoms with Crippen LogP contribution in [-0.4, -0.2) is 24.9 Å². The van der Waals surface area contributed by atoms with E-state index in [1.54, 1.807) is 12.1 Å². The van der Waals surface area contributed by atoms with Gasteiger partial charge in [0.05, 0.1) is 9.13 Å². The molecular formula is C10H3F3I2N4OS.